The normalized spacial score (nSPS) is 20.7. The van der Waals surface area contributed by atoms with Gasteiger partial charge in [0.05, 0.1) is 17.7 Å². The number of thiophene rings is 1. The maximum absolute atomic E-state index is 11.5. The summed E-state index contributed by atoms with van der Waals surface area (Å²) >= 11 is 1.67. The van der Waals surface area contributed by atoms with Crippen LogP contribution in [0.15, 0.2) is 23.3 Å². The Kier molecular flexibility index (Phi) is 5.82. The molecule has 1 aromatic heterocycles. The lowest BCUT2D eigenvalue weighted by Crippen LogP contribution is -2.33. The summed E-state index contributed by atoms with van der Waals surface area (Å²) in [6.45, 7) is 5.99. The Balaban J connectivity index is 1.52. The van der Waals surface area contributed by atoms with Gasteiger partial charge in [0.25, 0.3) is 0 Å². The molecule has 1 fully saturated rings. The van der Waals surface area contributed by atoms with Crippen LogP contribution in [0.4, 0.5) is 0 Å². The molecule has 1 amide bonds. The number of hydrogen-bond acceptors (Lipinski definition) is 6. The molecule has 1 saturated heterocycles. The van der Waals surface area contributed by atoms with Crippen LogP contribution in [0.5, 0.6) is 11.5 Å². The predicted molar refractivity (Wildman–Crippen MR) is 113 cm³/mol. The van der Waals surface area contributed by atoms with Gasteiger partial charge in [-0.1, -0.05) is 13.3 Å². The summed E-state index contributed by atoms with van der Waals surface area (Å²) in [6.07, 6.45) is 4.39. The van der Waals surface area contributed by atoms with Crippen molar-refractivity contribution < 1.29 is 14.3 Å². The Bertz CT molecular complexity index is 886. The zero-order valence-electron chi connectivity index (χ0n) is 16.5. The molecule has 2 aliphatic heterocycles. The van der Waals surface area contributed by atoms with E-state index in [1.54, 1.807) is 18.4 Å². The van der Waals surface area contributed by atoms with E-state index in [1.807, 2.05) is 13.0 Å². The average Bonchev–Trinajstić information content (AvgIpc) is 3.10. The Morgan fingerprint density at radius 3 is 2.79 bits per heavy atom. The van der Waals surface area contributed by atoms with Crippen molar-refractivity contribution in [1.82, 2.24) is 10.3 Å². The summed E-state index contributed by atoms with van der Waals surface area (Å²) in [5, 5.41) is 5.39. The highest BCUT2D eigenvalue weighted by molar-refractivity contribution is 7.21. The minimum absolute atomic E-state index is 0.0246. The number of hydrogen-bond donors (Lipinski definition) is 1. The molecule has 28 heavy (non-hydrogen) atoms. The van der Waals surface area contributed by atoms with Crippen LogP contribution in [-0.2, 0) is 4.79 Å². The van der Waals surface area contributed by atoms with Gasteiger partial charge in [0.2, 0.25) is 5.91 Å². The number of benzene rings is 1. The fourth-order valence-corrected chi connectivity index (χ4v) is 5.04. The SMILES string of the molecule is COc1cc2sc(C3=NNC(=O)CC3C)cc2cc1OCCN1CCCCC1. The van der Waals surface area contributed by atoms with Crippen LogP contribution in [0.3, 0.4) is 0 Å². The van der Waals surface area contributed by atoms with Crippen molar-refractivity contribution in [3.8, 4) is 11.5 Å². The number of ether oxygens (including phenoxy) is 2. The molecule has 0 bridgehead atoms. The second-order valence-electron chi connectivity index (χ2n) is 7.54. The highest BCUT2D eigenvalue weighted by atomic mass is 32.1. The van der Waals surface area contributed by atoms with Crippen LogP contribution in [0.1, 0.15) is 37.5 Å². The lowest BCUT2D eigenvalue weighted by molar-refractivity contribution is -0.121. The van der Waals surface area contributed by atoms with Crippen molar-refractivity contribution in [3.05, 3.63) is 23.1 Å². The van der Waals surface area contributed by atoms with E-state index in [9.17, 15) is 4.79 Å². The van der Waals surface area contributed by atoms with Gasteiger partial charge in [-0.3, -0.25) is 9.69 Å². The average molecular weight is 402 g/mol. The van der Waals surface area contributed by atoms with Crippen molar-refractivity contribution in [2.24, 2.45) is 11.0 Å². The lowest BCUT2D eigenvalue weighted by Gasteiger charge is -2.26. The molecule has 1 aromatic carbocycles. The maximum atomic E-state index is 11.5. The minimum atomic E-state index is -0.0246. The molecular weight excluding hydrogens is 374 g/mol. The number of piperidine rings is 1. The number of nitrogens with one attached hydrogen (secondary N) is 1. The van der Waals surface area contributed by atoms with E-state index in [0.717, 1.165) is 38.7 Å². The Morgan fingerprint density at radius 1 is 1.21 bits per heavy atom. The summed E-state index contributed by atoms with van der Waals surface area (Å²) in [7, 11) is 1.68. The standard InChI is InChI=1S/C21H27N3O3S/c1-14-10-20(25)22-23-21(14)19-12-15-11-17(16(26-2)13-18(15)28-19)27-9-8-24-6-4-3-5-7-24/h11-14H,3-10H2,1-2H3,(H,22,25). The smallest absolute Gasteiger partial charge is 0.240 e. The summed E-state index contributed by atoms with van der Waals surface area (Å²) in [6, 6.07) is 6.22. The lowest BCUT2D eigenvalue weighted by atomic mass is 9.99. The number of fused-ring (bicyclic) bond motifs is 1. The first kappa shape index (κ1) is 19.2. The van der Waals surface area contributed by atoms with Crippen LogP contribution in [-0.4, -0.2) is 49.9 Å². The third kappa shape index (κ3) is 4.15. The number of methoxy groups -OCH3 is 1. The van der Waals surface area contributed by atoms with E-state index in [1.165, 1.54) is 32.4 Å². The molecule has 1 atom stereocenters. The second kappa shape index (κ2) is 8.49. The van der Waals surface area contributed by atoms with Crippen LogP contribution in [0.25, 0.3) is 10.1 Å². The number of rotatable bonds is 6. The molecule has 6 nitrogen and oxygen atoms in total. The largest absolute Gasteiger partial charge is 0.493 e. The fraction of sp³-hybridized carbons (Fsp3) is 0.524. The van der Waals surface area contributed by atoms with Crippen molar-refractivity contribution in [2.75, 3.05) is 33.4 Å². The monoisotopic (exact) mass is 401 g/mol. The van der Waals surface area contributed by atoms with Crippen molar-refractivity contribution in [2.45, 2.75) is 32.6 Å². The van der Waals surface area contributed by atoms with Crippen LogP contribution < -0.4 is 14.9 Å². The molecule has 0 spiro atoms. The Labute approximate surface area is 169 Å². The van der Waals surface area contributed by atoms with E-state index >= 15 is 0 Å². The Hall–Kier alpha value is -2.12. The molecule has 0 aliphatic carbocycles. The summed E-state index contributed by atoms with van der Waals surface area (Å²) in [5.74, 6) is 1.63. The van der Waals surface area contributed by atoms with E-state index < -0.39 is 0 Å². The zero-order valence-corrected chi connectivity index (χ0v) is 17.3. The first-order valence-electron chi connectivity index (χ1n) is 9.97. The van der Waals surface area contributed by atoms with Crippen molar-refractivity contribution >= 4 is 33.0 Å². The van der Waals surface area contributed by atoms with E-state index in [2.05, 4.69) is 27.6 Å². The van der Waals surface area contributed by atoms with Crippen LogP contribution in [0, 0.1) is 5.92 Å². The summed E-state index contributed by atoms with van der Waals surface area (Å²) < 4.78 is 12.8. The number of carbonyl (C=O) groups excluding carboxylic acids is 1. The first-order chi connectivity index (χ1) is 13.6. The van der Waals surface area contributed by atoms with Gasteiger partial charge in [-0.15, -0.1) is 11.3 Å². The van der Waals surface area contributed by atoms with Crippen molar-refractivity contribution in [3.63, 3.8) is 0 Å². The zero-order chi connectivity index (χ0) is 19.5. The van der Waals surface area contributed by atoms with Crippen molar-refractivity contribution in [1.29, 1.82) is 0 Å². The van der Waals surface area contributed by atoms with E-state index in [0.29, 0.717) is 13.0 Å². The third-order valence-corrected chi connectivity index (χ3v) is 6.55. The number of nitrogens with zero attached hydrogens (tertiary/aromatic N) is 2. The number of hydrazone groups is 1. The van der Waals surface area contributed by atoms with E-state index in [-0.39, 0.29) is 11.8 Å². The van der Waals surface area contributed by atoms with Gasteiger partial charge in [-0.25, -0.2) is 5.43 Å². The fourth-order valence-electron chi connectivity index (χ4n) is 3.86. The molecular formula is C21H27N3O3S. The van der Waals surface area contributed by atoms with Gasteiger partial charge in [-0.05, 0) is 43.5 Å². The predicted octanol–water partition coefficient (Wildman–Crippen LogP) is 3.63. The molecule has 7 heteroatoms. The minimum Gasteiger partial charge on any atom is -0.493 e. The van der Waals surface area contributed by atoms with Crippen LogP contribution in [0.2, 0.25) is 0 Å². The quantitative estimate of drug-likeness (QED) is 0.803. The van der Waals surface area contributed by atoms with Gasteiger partial charge in [0.15, 0.2) is 11.5 Å². The van der Waals surface area contributed by atoms with Gasteiger partial charge in [0, 0.05) is 29.6 Å². The molecule has 1 unspecified atom stereocenters. The highest BCUT2D eigenvalue weighted by Gasteiger charge is 2.23. The molecule has 0 saturated carbocycles. The number of likely N-dealkylation sites (tertiary alicyclic amines) is 1. The molecule has 4 rings (SSSR count). The van der Waals surface area contributed by atoms with Crippen LogP contribution >= 0.6 is 11.3 Å². The van der Waals surface area contributed by atoms with Gasteiger partial charge in [-0.2, -0.15) is 5.10 Å². The second-order valence-corrected chi connectivity index (χ2v) is 8.62. The van der Waals surface area contributed by atoms with Gasteiger partial charge in [0.1, 0.15) is 6.61 Å². The van der Waals surface area contributed by atoms with Gasteiger partial charge < -0.3 is 9.47 Å². The molecule has 2 aromatic rings. The number of amides is 1. The molecule has 1 N–H and O–H groups in total. The molecule has 3 heterocycles. The summed E-state index contributed by atoms with van der Waals surface area (Å²) in [4.78, 5) is 15.1. The highest BCUT2D eigenvalue weighted by Crippen LogP contribution is 2.37. The molecule has 150 valence electrons. The first-order valence-corrected chi connectivity index (χ1v) is 10.8. The molecule has 0 radical (unpaired) electrons. The maximum Gasteiger partial charge on any atom is 0.240 e. The van der Waals surface area contributed by atoms with E-state index in [4.69, 9.17) is 9.47 Å². The van der Waals surface area contributed by atoms with Gasteiger partial charge >= 0.3 is 0 Å². The topological polar surface area (TPSA) is 63.2 Å². The third-order valence-electron chi connectivity index (χ3n) is 5.43. The Morgan fingerprint density at radius 2 is 2.04 bits per heavy atom. The molecule has 2 aliphatic rings. The summed E-state index contributed by atoms with van der Waals surface area (Å²) in [5.41, 5.74) is 3.54. The number of carbonyl (C=O) groups is 1.